The Labute approximate surface area is 132 Å². The molecule has 1 aliphatic heterocycles. The average molecular weight is 352 g/mol. The minimum absolute atomic E-state index is 0.135. The summed E-state index contributed by atoms with van der Waals surface area (Å²) in [6.45, 7) is 3.87. The predicted octanol–water partition coefficient (Wildman–Crippen LogP) is 2.37. The summed E-state index contributed by atoms with van der Waals surface area (Å²) in [5.41, 5.74) is 0.922. The van der Waals surface area contributed by atoms with Crippen LogP contribution in [0.4, 0.5) is 5.82 Å². The van der Waals surface area contributed by atoms with Crippen molar-refractivity contribution >= 4 is 32.7 Å². The Balaban J connectivity index is 2.02. The maximum Gasteiger partial charge on any atom is 0.140 e. The van der Waals surface area contributed by atoms with Crippen LogP contribution in [0.25, 0.3) is 10.9 Å². The second kappa shape index (κ2) is 6.25. The lowest BCUT2D eigenvalue weighted by molar-refractivity contribution is 0.0719. The van der Waals surface area contributed by atoms with Crippen LogP contribution < -0.4 is 4.90 Å². The summed E-state index contributed by atoms with van der Waals surface area (Å²) < 4.78 is 6.57. The molecule has 2 atom stereocenters. The molecule has 112 valence electrons. The number of morpholine rings is 1. The van der Waals surface area contributed by atoms with E-state index in [1.165, 1.54) is 0 Å². The van der Waals surface area contributed by atoms with Gasteiger partial charge in [0.05, 0.1) is 30.9 Å². The number of hydrogen-bond donors (Lipinski definition) is 1. The minimum atomic E-state index is -0.362. The zero-order valence-corrected chi connectivity index (χ0v) is 13.5. The quantitative estimate of drug-likeness (QED) is 0.919. The molecular weight excluding hydrogens is 334 g/mol. The third-order valence-electron chi connectivity index (χ3n) is 3.69. The highest BCUT2D eigenvalue weighted by Gasteiger charge is 2.26. The number of rotatable bonds is 3. The van der Waals surface area contributed by atoms with E-state index in [0.717, 1.165) is 27.7 Å². The number of aliphatic hydroxyl groups excluding tert-OH is 1. The minimum Gasteiger partial charge on any atom is -0.393 e. The average Bonchev–Trinajstić information content (AvgIpc) is 2.47. The van der Waals surface area contributed by atoms with E-state index >= 15 is 0 Å². The maximum absolute atomic E-state index is 9.70. The number of anilines is 1. The third kappa shape index (κ3) is 3.17. The summed E-state index contributed by atoms with van der Waals surface area (Å²) in [4.78, 5) is 11.0. The summed E-state index contributed by atoms with van der Waals surface area (Å²) in [6.07, 6.45) is 1.90. The van der Waals surface area contributed by atoms with E-state index in [4.69, 9.17) is 4.74 Å². The second-order valence-electron chi connectivity index (χ2n) is 5.37. The van der Waals surface area contributed by atoms with Gasteiger partial charge >= 0.3 is 0 Å². The number of aliphatic hydroxyl groups is 1. The molecule has 0 aliphatic carbocycles. The number of halogens is 1. The van der Waals surface area contributed by atoms with Crippen molar-refractivity contribution in [3.05, 3.63) is 29.0 Å². The molecule has 1 saturated heterocycles. The van der Waals surface area contributed by atoms with E-state index in [2.05, 4.69) is 30.8 Å². The van der Waals surface area contributed by atoms with E-state index < -0.39 is 0 Å². The number of nitrogens with zero attached hydrogens (tertiary/aromatic N) is 3. The molecule has 2 unspecified atom stereocenters. The smallest absolute Gasteiger partial charge is 0.140 e. The SMILES string of the molecule is CC(O)CC1COCCN1c1ncnc2ccc(Br)cc12. The summed E-state index contributed by atoms with van der Waals surface area (Å²) in [5, 5.41) is 10.7. The molecule has 2 aromatic rings. The van der Waals surface area contributed by atoms with E-state index in [9.17, 15) is 5.11 Å². The van der Waals surface area contributed by atoms with Gasteiger partial charge in [-0.15, -0.1) is 0 Å². The second-order valence-corrected chi connectivity index (χ2v) is 6.28. The first-order valence-corrected chi connectivity index (χ1v) is 7.87. The summed E-state index contributed by atoms with van der Waals surface area (Å²) in [6, 6.07) is 6.14. The van der Waals surface area contributed by atoms with Crippen molar-refractivity contribution in [1.29, 1.82) is 0 Å². The van der Waals surface area contributed by atoms with E-state index in [-0.39, 0.29) is 12.1 Å². The van der Waals surface area contributed by atoms with Crippen LogP contribution in [0.3, 0.4) is 0 Å². The molecule has 0 radical (unpaired) electrons. The van der Waals surface area contributed by atoms with Crippen molar-refractivity contribution in [2.75, 3.05) is 24.7 Å². The topological polar surface area (TPSA) is 58.5 Å². The Bertz CT molecular complexity index is 635. The van der Waals surface area contributed by atoms with Gasteiger partial charge in [-0.1, -0.05) is 15.9 Å². The van der Waals surface area contributed by atoms with Gasteiger partial charge in [-0.05, 0) is 31.5 Å². The lowest BCUT2D eigenvalue weighted by atomic mass is 10.1. The van der Waals surface area contributed by atoms with Crippen LogP contribution in [0, 0.1) is 0 Å². The molecule has 1 N–H and O–H groups in total. The van der Waals surface area contributed by atoms with Gasteiger partial charge in [0.2, 0.25) is 0 Å². The fraction of sp³-hybridized carbons (Fsp3) is 0.467. The molecule has 0 bridgehead atoms. The predicted molar refractivity (Wildman–Crippen MR) is 85.5 cm³/mol. The van der Waals surface area contributed by atoms with Crippen LogP contribution in [0.15, 0.2) is 29.0 Å². The van der Waals surface area contributed by atoms with Crippen molar-refractivity contribution < 1.29 is 9.84 Å². The Morgan fingerprint density at radius 3 is 3.14 bits per heavy atom. The fourth-order valence-corrected chi connectivity index (χ4v) is 3.13. The van der Waals surface area contributed by atoms with E-state index in [1.54, 1.807) is 6.33 Å². The molecule has 21 heavy (non-hydrogen) atoms. The Kier molecular flexibility index (Phi) is 4.37. The molecule has 3 rings (SSSR count). The van der Waals surface area contributed by atoms with Crippen LogP contribution in [0.5, 0.6) is 0 Å². The van der Waals surface area contributed by atoms with Gasteiger partial charge in [0, 0.05) is 16.4 Å². The van der Waals surface area contributed by atoms with Gasteiger partial charge in [0.25, 0.3) is 0 Å². The Hall–Kier alpha value is -1.24. The molecule has 0 saturated carbocycles. The first-order valence-electron chi connectivity index (χ1n) is 7.08. The molecule has 2 heterocycles. The monoisotopic (exact) mass is 351 g/mol. The van der Waals surface area contributed by atoms with Gasteiger partial charge in [-0.3, -0.25) is 0 Å². The fourth-order valence-electron chi connectivity index (χ4n) is 2.77. The standard InChI is InChI=1S/C15H18BrN3O2/c1-10(20)6-12-8-21-5-4-19(12)15-13-7-11(16)2-3-14(13)17-9-18-15/h2-3,7,9-10,12,20H,4-6,8H2,1H3. The molecule has 5 nitrogen and oxygen atoms in total. The molecule has 1 aromatic carbocycles. The zero-order chi connectivity index (χ0) is 14.8. The lowest BCUT2D eigenvalue weighted by Gasteiger charge is -2.37. The van der Waals surface area contributed by atoms with Crippen LogP contribution in [0.2, 0.25) is 0 Å². The first-order chi connectivity index (χ1) is 10.1. The zero-order valence-electron chi connectivity index (χ0n) is 11.9. The van der Waals surface area contributed by atoms with Crippen LogP contribution in [-0.2, 0) is 4.74 Å². The van der Waals surface area contributed by atoms with Crippen LogP contribution in [0.1, 0.15) is 13.3 Å². The Morgan fingerprint density at radius 2 is 2.33 bits per heavy atom. The van der Waals surface area contributed by atoms with Crippen molar-refractivity contribution in [1.82, 2.24) is 9.97 Å². The van der Waals surface area contributed by atoms with Crippen molar-refractivity contribution in [3.63, 3.8) is 0 Å². The number of fused-ring (bicyclic) bond motifs is 1. The van der Waals surface area contributed by atoms with Crippen molar-refractivity contribution in [2.24, 2.45) is 0 Å². The largest absolute Gasteiger partial charge is 0.393 e. The van der Waals surface area contributed by atoms with E-state index in [1.807, 2.05) is 25.1 Å². The molecule has 1 aromatic heterocycles. The third-order valence-corrected chi connectivity index (χ3v) is 4.18. The van der Waals surface area contributed by atoms with Gasteiger partial charge in [0.1, 0.15) is 12.1 Å². The molecule has 6 heteroatoms. The van der Waals surface area contributed by atoms with Crippen molar-refractivity contribution in [3.8, 4) is 0 Å². The lowest BCUT2D eigenvalue weighted by Crippen LogP contribution is -2.47. The highest BCUT2D eigenvalue weighted by molar-refractivity contribution is 9.10. The normalized spacial score (nSPS) is 20.7. The van der Waals surface area contributed by atoms with Gasteiger partial charge in [0.15, 0.2) is 0 Å². The summed E-state index contributed by atoms with van der Waals surface area (Å²) >= 11 is 3.51. The van der Waals surface area contributed by atoms with E-state index in [0.29, 0.717) is 19.6 Å². The number of benzene rings is 1. The first kappa shape index (κ1) is 14.7. The van der Waals surface area contributed by atoms with Gasteiger partial charge in [-0.2, -0.15) is 0 Å². The molecule has 0 amide bonds. The molecule has 1 aliphatic rings. The molecule has 1 fully saturated rings. The number of ether oxygens (including phenoxy) is 1. The van der Waals surface area contributed by atoms with Crippen LogP contribution >= 0.6 is 15.9 Å². The Morgan fingerprint density at radius 1 is 1.48 bits per heavy atom. The van der Waals surface area contributed by atoms with Gasteiger partial charge in [-0.25, -0.2) is 9.97 Å². The van der Waals surface area contributed by atoms with Gasteiger partial charge < -0.3 is 14.7 Å². The highest BCUT2D eigenvalue weighted by atomic mass is 79.9. The number of hydrogen-bond acceptors (Lipinski definition) is 5. The van der Waals surface area contributed by atoms with Crippen molar-refractivity contribution in [2.45, 2.75) is 25.5 Å². The van der Waals surface area contributed by atoms with Crippen LogP contribution in [-0.4, -0.2) is 47.0 Å². The summed E-state index contributed by atoms with van der Waals surface area (Å²) in [7, 11) is 0. The maximum atomic E-state index is 9.70. The number of aromatic nitrogens is 2. The highest BCUT2D eigenvalue weighted by Crippen LogP contribution is 2.29. The molecular formula is C15H18BrN3O2. The molecule has 0 spiro atoms. The summed E-state index contributed by atoms with van der Waals surface area (Å²) in [5.74, 6) is 0.912.